The molecule has 0 N–H and O–H groups in total. The topological polar surface area (TPSA) is 119 Å². The second-order valence-electron chi connectivity index (χ2n) is 5.29. The lowest BCUT2D eigenvalue weighted by atomic mass is 10.1. The number of benzene rings is 1. The van der Waals surface area contributed by atoms with Gasteiger partial charge < -0.3 is 14.5 Å². The minimum atomic E-state index is -0.838. The molecule has 24 heavy (non-hydrogen) atoms. The first-order valence-corrected chi connectivity index (χ1v) is 7.41. The molecule has 10 heteroatoms. The van der Waals surface area contributed by atoms with Gasteiger partial charge in [0.1, 0.15) is 5.69 Å². The fourth-order valence-electron chi connectivity index (χ4n) is 2.73. The van der Waals surface area contributed by atoms with E-state index >= 15 is 0 Å². The van der Waals surface area contributed by atoms with Crippen LogP contribution in [-0.2, 0) is 4.74 Å². The summed E-state index contributed by atoms with van der Waals surface area (Å²) in [7, 11) is 1.13. The Kier molecular flexibility index (Phi) is 5.29. The number of nitro groups is 2. The van der Waals surface area contributed by atoms with Crippen LogP contribution in [0.2, 0.25) is 0 Å². The van der Waals surface area contributed by atoms with E-state index in [2.05, 4.69) is 9.64 Å². The summed E-state index contributed by atoms with van der Waals surface area (Å²) in [5.41, 5.74) is -1.07. The molecule has 0 spiro atoms. The smallest absolute Gasteiger partial charge is 0.340 e. The number of hydrogen-bond donors (Lipinski definition) is 0. The second kappa shape index (κ2) is 7.21. The molecule has 2 rings (SSSR count). The van der Waals surface area contributed by atoms with E-state index in [0.717, 1.165) is 25.8 Å². The third-order valence-corrected chi connectivity index (χ3v) is 4.02. The van der Waals surface area contributed by atoms with Gasteiger partial charge in [-0.1, -0.05) is 6.92 Å². The highest BCUT2D eigenvalue weighted by Gasteiger charge is 2.32. The lowest BCUT2D eigenvalue weighted by Crippen LogP contribution is -2.46. The molecule has 1 aromatic rings. The fourth-order valence-corrected chi connectivity index (χ4v) is 2.73. The molecule has 1 aliphatic rings. The van der Waals surface area contributed by atoms with E-state index in [1.54, 1.807) is 4.90 Å². The molecule has 130 valence electrons. The zero-order valence-electron chi connectivity index (χ0n) is 13.4. The van der Waals surface area contributed by atoms with Gasteiger partial charge in [0.25, 0.3) is 11.4 Å². The first-order valence-electron chi connectivity index (χ1n) is 7.41. The van der Waals surface area contributed by atoms with Gasteiger partial charge in [-0.15, -0.1) is 0 Å². The first-order chi connectivity index (χ1) is 11.4. The summed E-state index contributed by atoms with van der Waals surface area (Å²) < 4.78 is 4.66. The summed E-state index contributed by atoms with van der Waals surface area (Å²) in [6, 6.07) is 1.91. The number of nitrogens with zero attached hydrogens (tertiary/aromatic N) is 4. The van der Waals surface area contributed by atoms with E-state index in [0.29, 0.717) is 26.2 Å². The van der Waals surface area contributed by atoms with E-state index in [1.807, 2.05) is 6.92 Å². The van der Waals surface area contributed by atoms with Crippen molar-refractivity contribution in [1.82, 2.24) is 4.90 Å². The Morgan fingerprint density at radius 2 is 1.79 bits per heavy atom. The molecule has 0 aromatic heterocycles. The number of non-ortho nitro benzene ring substituents is 1. The molecular weight excluding hydrogens is 320 g/mol. The molecule has 0 atom stereocenters. The number of carbonyl (C=O) groups is 1. The van der Waals surface area contributed by atoms with Crippen molar-refractivity contribution < 1.29 is 19.4 Å². The van der Waals surface area contributed by atoms with E-state index in [1.165, 1.54) is 0 Å². The average Bonchev–Trinajstić information content (AvgIpc) is 2.59. The van der Waals surface area contributed by atoms with E-state index < -0.39 is 27.2 Å². The van der Waals surface area contributed by atoms with Crippen molar-refractivity contribution in [1.29, 1.82) is 0 Å². The minimum Gasteiger partial charge on any atom is -0.465 e. The van der Waals surface area contributed by atoms with Crippen molar-refractivity contribution in [2.75, 3.05) is 44.7 Å². The van der Waals surface area contributed by atoms with Crippen molar-refractivity contribution in [3.05, 3.63) is 37.9 Å². The number of esters is 1. The summed E-state index contributed by atoms with van der Waals surface area (Å²) in [5, 5.41) is 22.4. The van der Waals surface area contributed by atoms with E-state index in [9.17, 15) is 25.0 Å². The molecule has 1 heterocycles. The molecule has 0 unspecified atom stereocenters. The Morgan fingerprint density at radius 1 is 1.17 bits per heavy atom. The number of hydrogen-bond acceptors (Lipinski definition) is 8. The zero-order valence-corrected chi connectivity index (χ0v) is 13.4. The molecule has 1 fully saturated rings. The molecular formula is C14H18N4O6. The fraction of sp³-hybridized carbons (Fsp3) is 0.500. The van der Waals surface area contributed by atoms with Crippen molar-refractivity contribution >= 4 is 23.0 Å². The van der Waals surface area contributed by atoms with Crippen LogP contribution in [0.25, 0.3) is 0 Å². The summed E-state index contributed by atoms with van der Waals surface area (Å²) in [4.78, 5) is 36.9. The second-order valence-corrected chi connectivity index (χ2v) is 5.29. The van der Waals surface area contributed by atoms with Crippen LogP contribution in [-0.4, -0.2) is 60.5 Å². The average molecular weight is 338 g/mol. The van der Waals surface area contributed by atoms with E-state index in [-0.39, 0.29) is 11.3 Å². The maximum absolute atomic E-state index is 12.0. The Bertz CT molecular complexity index is 669. The Labute approximate surface area is 137 Å². The summed E-state index contributed by atoms with van der Waals surface area (Å²) >= 11 is 0. The van der Waals surface area contributed by atoms with Gasteiger partial charge in [-0.2, -0.15) is 0 Å². The summed E-state index contributed by atoms with van der Waals surface area (Å²) in [5.74, 6) is -0.838. The van der Waals surface area contributed by atoms with Crippen molar-refractivity contribution in [2.45, 2.75) is 6.92 Å². The Hall–Kier alpha value is -2.75. The number of piperazine rings is 1. The molecule has 0 radical (unpaired) electrons. The third-order valence-electron chi connectivity index (χ3n) is 4.02. The number of nitro benzene ring substituents is 2. The number of rotatable bonds is 5. The van der Waals surface area contributed by atoms with Crippen LogP contribution in [0, 0.1) is 20.2 Å². The lowest BCUT2D eigenvalue weighted by Gasteiger charge is -2.35. The normalized spacial score (nSPS) is 15.2. The van der Waals surface area contributed by atoms with Crippen molar-refractivity contribution in [2.24, 2.45) is 0 Å². The van der Waals surface area contributed by atoms with Crippen LogP contribution in [0.5, 0.6) is 0 Å². The monoisotopic (exact) mass is 338 g/mol. The Balaban J connectivity index is 2.56. The minimum absolute atomic E-state index is 0.0770. The predicted octanol–water partition coefficient (Wildman–Crippen LogP) is 1.43. The quantitative estimate of drug-likeness (QED) is 0.449. The molecule has 0 saturated carbocycles. The number of carbonyl (C=O) groups excluding carboxylic acids is 1. The van der Waals surface area contributed by atoms with Crippen LogP contribution in [0.4, 0.5) is 17.1 Å². The van der Waals surface area contributed by atoms with Gasteiger partial charge in [-0.05, 0) is 6.54 Å². The summed E-state index contributed by atoms with van der Waals surface area (Å²) in [6.07, 6.45) is 0. The number of likely N-dealkylation sites (N-methyl/N-ethyl adjacent to an activating group) is 1. The molecule has 0 amide bonds. The van der Waals surface area contributed by atoms with Crippen LogP contribution < -0.4 is 4.90 Å². The van der Waals surface area contributed by atoms with Crippen LogP contribution in [0.15, 0.2) is 12.1 Å². The standard InChI is InChI=1S/C14H18N4O6/c1-3-15-4-6-16(7-5-15)13-11(14(19)24-2)8-10(17(20)21)9-12(13)18(22)23/h8-9H,3-7H2,1-2H3. The molecule has 10 nitrogen and oxygen atoms in total. The van der Waals surface area contributed by atoms with Crippen LogP contribution in [0.3, 0.4) is 0 Å². The number of ether oxygens (including phenoxy) is 1. The maximum Gasteiger partial charge on any atom is 0.340 e. The first kappa shape index (κ1) is 17.6. The van der Waals surface area contributed by atoms with Gasteiger partial charge in [0.05, 0.1) is 28.6 Å². The maximum atomic E-state index is 12.0. The van der Waals surface area contributed by atoms with Crippen LogP contribution >= 0.6 is 0 Å². The largest absolute Gasteiger partial charge is 0.465 e. The highest BCUT2D eigenvalue weighted by molar-refractivity contribution is 5.99. The highest BCUT2D eigenvalue weighted by atomic mass is 16.6. The SMILES string of the molecule is CCN1CCN(c2c(C(=O)OC)cc([N+](=O)[O-])cc2[N+](=O)[O-])CC1. The van der Waals surface area contributed by atoms with Gasteiger partial charge in [0.2, 0.25) is 0 Å². The molecule has 0 aliphatic carbocycles. The van der Waals surface area contributed by atoms with E-state index in [4.69, 9.17) is 0 Å². The predicted molar refractivity (Wildman–Crippen MR) is 85.4 cm³/mol. The lowest BCUT2D eigenvalue weighted by molar-refractivity contribution is -0.393. The highest BCUT2D eigenvalue weighted by Crippen LogP contribution is 2.37. The van der Waals surface area contributed by atoms with Crippen molar-refractivity contribution in [3.8, 4) is 0 Å². The molecule has 1 aromatic carbocycles. The molecule has 0 bridgehead atoms. The zero-order chi connectivity index (χ0) is 17.9. The summed E-state index contributed by atoms with van der Waals surface area (Å²) in [6.45, 7) is 5.22. The Morgan fingerprint density at radius 3 is 2.25 bits per heavy atom. The van der Waals surface area contributed by atoms with Gasteiger partial charge in [0.15, 0.2) is 0 Å². The van der Waals surface area contributed by atoms with Gasteiger partial charge >= 0.3 is 5.97 Å². The number of methoxy groups -OCH3 is 1. The van der Waals surface area contributed by atoms with Gasteiger partial charge in [-0.25, -0.2) is 4.79 Å². The molecule has 1 saturated heterocycles. The van der Waals surface area contributed by atoms with Crippen LogP contribution in [0.1, 0.15) is 17.3 Å². The van der Waals surface area contributed by atoms with Gasteiger partial charge in [-0.3, -0.25) is 20.2 Å². The third kappa shape index (κ3) is 3.43. The van der Waals surface area contributed by atoms with Gasteiger partial charge in [0, 0.05) is 32.2 Å². The molecule has 1 aliphatic heterocycles. The number of anilines is 1. The van der Waals surface area contributed by atoms with Crippen molar-refractivity contribution in [3.63, 3.8) is 0 Å².